The van der Waals surface area contributed by atoms with Crippen molar-refractivity contribution < 1.29 is 13.6 Å². The third-order valence-corrected chi connectivity index (χ3v) is 3.92. The fourth-order valence-electron chi connectivity index (χ4n) is 2.79. The third kappa shape index (κ3) is 3.74. The van der Waals surface area contributed by atoms with Gasteiger partial charge in [-0.15, -0.1) is 0 Å². The van der Waals surface area contributed by atoms with E-state index in [4.69, 9.17) is 4.84 Å². The molecule has 0 radical (unpaired) electrons. The molecule has 0 amide bonds. The summed E-state index contributed by atoms with van der Waals surface area (Å²) in [4.78, 5) is 5.17. The standard InChI is InChI=1S/C20H21F2N3O/c1-4-26-24-20(17-7-6-16(21)10-18(17)22)14-5-8-19-15(9-14)11-23-25(19)12-13(2)3/h5-11,13H,4,12H2,1-3H3/b24-20-. The van der Waals surface area contributed by atoms with Crippen molar-refractivity contribution in [2.24, 2.45) is 11.1 Å². The normalized spacial score (nSPS) is 12.2. The van der Waals surface area contributed by atoms with Gasteiger partial charge in [-0.05, 0) is 37.1 Å². The van der Waals surface area contributed by atoms with Gasteiger partial charge in [0.1, 0.15) is 24.0 Å². The molecule has 0 atom stereocenters. The molecule has 0 spiro atoms. The van der Waals surface area contributed by atoms with Crippen molar-refractivity contribution in [3.63, 3.8) is 0 Å². The molecule has 3 aromatic rings. The average Bonchev–Trinajstić information content (AvgIpc) is 2.98. The van der Waals surface area contributed by atoms with E-state index in [2.05, 4.69) is 24.1 Å². The summed E-state index contributed by atoms with van der Waals surface area (Å²) in [6.45, 7) is 7.22. The van der Waals surface area contributed by atoms with Gasteiger partial charge in [-0.25, -0.2) is 8.78 Å². The molecule has 0 aliphatic rings. The Morgan fingerprint density at radius 2 is 2.00 bits per heavy atom. The first-order valence-corrected chi connectivity index (χ1v) is 8.61. The van der Waals surface area contributed by atoms with Gasteiger partial charge in [0, 0.05) is 29.1 Å². The van der Waals surface area contributed by atoms with Gasteiger partial charge < -0.3 is 4.84 Å². The highest BCUT2D eigenvalue weighted by Crippen LogP contribution is 2.21. The van der Waals surface area contributed by atoms with Gasteiger partial charge in [0.2, 0.25) is 0 Å². The minimum atomic E-state index is -0.681. The van der Waals surface area contributed by atoms with Crippen molar-refractivity contribution in [2.75, 3.05) is 6.61 Å². The summed E-state index contributed by atoms with van der Waals surface area (Å²) >= 11 is 0. The first-order chi connectivity index (χ1) is 12.5. The van der Waals surface area contributed by atoms with Crippen LogP contribution in [-0.2, 0) is 11.4 Å². The summed E-state index contributed by atoms with van der Waals surface area (Å²) in [6.07, 6.45) is 1.78. The topological polar surface area (TPSA) is 39.4 Å². The van der Waals surface area contributed by atoms with Crippen LogP contribution in [0.25, 0.3) is 10.9 Å². The molecule has 0 unspecified atom stereocenters. The van der Waals surface area contributed by atoms with E-state index in [1.54, 1.807) is 13.1 Å². The second-order valence-corrected chi connectivity index (χ2v) is 6.48. The Hall–Kier alpha value is -2.76. The van der Waals surface area contributed by atoms with Crippen molar-refractivity contribution >= 4 is 16.6 Å². The highest BCUT2D eigenvalue weighted by Gasteiger charge is 2.16. The van der Waals surface area contributed by atoms with E-state index < -0.39 is 11.6 Å². The number of hydrogen-bond donors (Lipinski definition) is 0. The van der Waals surface area contributed by atoms with Gasteiger partial charge >= 0.3 is 0 Å². The van der Waals surface area contributed by atoms with Crippen LogP contribution >= 0.6 is 0 Å². The van der Waals surface area contributed by atoms with E-state index in [1.165, 1.54) is 12.1 Å². The van der Waals surface area contributed by atoms with Crippen LogP contribution in [0.3, 0.4) is 0 Å². The number of halogens is 2. The van der Waals surface area contributed by atoms with Crippen molar-refractivity contribution in [1.29, 1.82) is 0 Å². The third-order valence-electron chi connectivity index (χ3n) is 3.92. The summed E-state index contributed by atoms with van der Waals surface area (Å²) < 4.78 is 29.5. The van der Waals surface area contributed by atoms with Crippen LogP contribution < -0.4 is 0 Å². The van der Waals surface area contributed by atoms with Crippen LogP contribution in [0.5, 0.6) is 0 Å². The zero-order chi connectivity index (χ0) is 18.7. The molecule has 1 aromatic heterocycles. The van der Waals surface area contributed by atoms with Gasteiger partial charge in [0.15, 0.2) is 0 Å². The molecule has 3 rings (SSSR count). The van der Waals surface area contributed by atoms with E-state index in [0.717, 1.165) is 23.5 Å². The first kappa shape index (κ1) is 18.0. The zero-order valence-corrected chi connectivity index (χ0v) is 15.0. The number of fused-ring (bicyclic) bond motifs is 1. The fourth-order valence-corrected chi connectivity index (χ4v) is 2.79. The first-order valence-electron chi connectivity index (χ1n) is 8.61. The highest BCUT2D eigenvalue weighted by molar-refractivity contribution is 6.14. The number of oxime groups is 1. The summed E-state index contributed by atoms with van der Waals surface area (Å²) in [5.74, 6) is -0.840. The minimum Gasteiger partial charge on any atom is -0.396 e. The molecule has 2 aromatic carbocycles. The lowest BCUT2D eigenvalue weighted by atomic mass is 10.0. The van der Waals surface area contributed by atoms with Crippen molar-refractivity contribution in [1.82, 2.24) is 9.78 Å². The van der Waals surface area contributed by atoms with E-state index in [9.17, 15) is 8.78 Å². The molecule has 0 aliphatic carbocycles. The molecular formula is C20H21F2N3O. The SMILES string of the molecule is CCO/N=C(/c1ccc2c(cnn2CC(C)C)c1)c1ccc(F)cc1F. The van der Waals surface area contributed by atoms with Crippen LogP contribution in [-0.4, -0.2) is 22.1 Å². The molecule has 26 heavy (non-hydrogen) atoms. The summed E-state index contributed by atoms with van der Waals surface area (Å²) in [7, 11) is 0. The lowest BCUT2D eigenvalue weighted by molar-refractivity contribution is 0.159. The van der Waals surface area contributed by atoms with E-state index >= 15 is 0 Å². The maximum Gasteiger partial charge on any atom is 0.135 e. The van der Waals surface area contributed by atoms with Crippen molar-refractivity contribution in [2.45, 2.75) is 27.3 Å². The molecule has 6 heteroatoms. The molecule has 0 saturated carbocycles. The lowest BCUT2D eigenvalue weighted by Gasteiger charge is -2.10. The number of hydrogen-bond acceptors (Lipinski definition) is 3. The van der Waals surface area contributed by atoms with Crippen LogP contribution in [0.15, 0.2) is 47.8 Å². The number of aromatic nitrogens is 2. The van der Waals surface area contributed by atoms with Crippen LogP contribution in [0.4, 0.5) is 8.78 Å². The van der Waals surface area contributed by atoms with Crippen LogP contribution in [0.2, 0.25) is 0 Å². The summed E-state index contributed by atoms with van der Waals surface area (Å²) in [6, 6.07) is 9.09. The van der Waals surface area contributed by atoms with Crippen LogP contribution in [0, 0.1) is 17.6 Å². The fraction of sp³-hybridized carbons (Fsp3) is 0.300. The largest absolute Gasteiger partial charge is 0.396 e. The number of rotatable bonds is 6. The molecule has 136 valence electrons. The second kappa shape index (κ2) is 7.64. The molecular weight excluding hydrogens is 336 g/mol. The minimum absolute atomic E-state index is 0.189. The van der Waals surface area contributed by atoms with Gasteiger partial charge in [0.05, 0.1) is 11.7 Å². The van der Waals surface area contributed by atoms with E-state index in [-0.39, 0.29) is 5.56 Å². The van der Waals surface area contributed by atoms with Gasteiger partial charge in [-0.1, -0.05) is 25.1 Å². The number of benzene rings is 2. The molecule has 0 aliphatic heterocycles. The molecule has 0 saturated heterocycles. The smallest absolute Gasteiger partial charge is 0.135 e. The van der Waals surface area contributed by atoms with Crippen LogP contribution in [0.1, 0.15) is 31.9 Å². The summed E-state index contributed by atoms with van der Waals surface area (Å²) in [5, 5.41) is 9.41. The Morgan fingerprint density at radius 3 is 2.69 bits per heavy atom. The zero-order valence-electron chi connectivity index (χ0n) is 15.0. The van der Waals surface area contributed by atoms with Gasteiger partial charge in [-0.2, -0.15) is 5.10 Å². The van der Waals surface area contributed by atoms with E-state index in [0.29, 0.717) is 23.8 Å². The maximum atomic E-state index is 14.3. The summed E-state index contributed by atoms with van der Waals surface area (Å²) in [5.41, 5.74) is 2.19. The maximum absolute atomic E-state index is 14.3. The highest BCUT2D eigenvalue weighted by atomic mass is 19.1. The van der Waals surface area contributed by atoms with Crippen molar-refractivity contribution in [3.05, 3.63) is 65.4 Å². The Labute approximate surface area is 151 Å². The Bertz CT molecular complexity index is 947. The predicted octanol–water partition coefficient (Wildman–Crippen LogP) is 4.76. The number of nitrogens with zero attached hydrogens (tertiary/aromatic N) is 3. The Morgan fingerprint density at radius 1 is 1.19 bits per heavy atom. The monoisotopic (exact) mass is 357 g/mol. The van der Waals surface area contributed by atoms with Crippen molar-refractivity contribution in [3.8, 4) is 0 Å². The second-order valence-electron chi connectivity index (χ2n) is 6.48. The predicted molar refractivity (Wildman–Crippen MR) is 98.2 cm³/mol. The lowest BCUT2D eigenvalue weighted by Crippen LogP contribution is -2.08. The van der Waals surface area contributed by atoms with E-state index in [1.807, 2.05) is 22.9 Å². The average molecular weight is 357 g/mol. The molecule has 4 nitrogen and oxygen atoms in total. The Kier molecular flexibility index (Phi) is 5.30. The molecule has 0 N–H and O–H groups in total. The molecule has 1 heterocycles. The Balaban J connectivity index is 2.07. The molecule has 0 bridgehead atoms. The quantitative estimate of drug-likeness (QED) is 0.471. The van der Waals surface area contributed by atoms with Gasteiger partial charge in [-0.3, -0.25) is 4.68 Å². The van der Waals surface area contributed by atoms with Gasteiger partial charge in [0.25, 0.3) is 0 Å². The molecule has 0 fully saturated rings.